The highest BCUT2D eigenvalue weighted by Gasteiger charge is 2.31. The molecule has 1 aliphatic rings. The van der Waals surface area contributed by atoms with Gasteiger partial charge in [0.15, 0.2) is 6.10 Å². The molecule has 27 heavy (non-hydrogen) atoms. The van der Waals surface area contributed by atoms with Crippen molar-refractivity contribution in [2.75, 3.05) is 6.54 Å². The fraction of sp³-hybridized carbons (Fsp3) is 0.429. The fourth-order valence-corrected chi connectivity index (χ4v) is 3.47. The van der Waals surface area contributed by atoms with Gasteiger partial charge in [0.2, 0.25) is 5.76 Å². The molecule has 0 N–H and O–H groups in total. The Morgan fingerprint density at radius 1 is 1.26 bits per heavy atom. The predicted octanol–water partition coefficient (Wildman–Crippen LogP) is 4.42. The molecule has 144 valence electrons. The molecular formula is C21H24FNO4. The van der Waals surface area contributed by atoms with Gasteiger partial charge in [0.25, 0.3) is 5.91 Å². The molecule has 1 fully saturated rings. The topological polar surface area (TPSA) is 59.8 Å². The second kappa shape index (κ2) is 8.37. The normalized spacial score (nSPS) is 18.2. The lowest BCUT2D eigenvalue weighted by Gasteiger charge is -2.36. The van der Waals surface area contributed by atoms with Crippen molar-refractivity contribution in [1.29, 1.82) is 0 Å². The highest BCUT2D eigenvalue weighted by atomic mass is 19.1. The van der Waals surface area contributed by atoms with Crippen LogP contribution < -0.4 is 0 Å². The van der Waals surface area contributed by atoms with Crippen molar-refractivity contribution in [2.45, 2.75) is 51.7 Å². The zero-order valence-electron chi connectivity index (χ0n) is 15.6. The van der Waals surface area contributed by atoms with E-state index in [1.807, 2.05) is 4.90 Å². The van der Waals surface area contributed by atoms with Crippen LogP contribution in [0.4, 0.5) is 4.39 Å². The summed E-state index contributed by atoms with van der Waals surface area (Å²) in [6.07, 6.45) is 3.05. The molecular weight excluding hydrogens is 349 g/mol. The van der Waals surface area contributed by atoms with Crippen molar-refractivity contribution in [1.82, 2.24) is 4.90 Å². The quantitative estimate of drug-likeness (QED) is 0.728. The second-order valence-corrected chi connectivity index (χ2v) is 6.78. The van der Waals surface area contributed by atoms with Gasteiger partial charge < -0.3 is 14.1 Å². The molecule has 1 amide bonds. The number of hydrogen-bond acceptors (Lipinski definition) is 4. The van der Waals surface area contributed by atoms with Crippen LogP contribution in [0.3, 0.4) is 0 Å². The Hall–Kier alpha value is -2.63. The minimum atomic E-state index is -0.897. The average Bonchev–Trinajstić information content (AvgIpc) is 3.17. The second-order valence-electron chi connectivity index (χ2n) is 6.78. The lowest BCUT2D eigenvalue weighted by molar-refractivity contribution is -0.143. The van der Waals surface area contributed by atoms with E-state index in [1.165, 1.54) is 18.2 Å². The molecule has 0 saturated carbocycles. The molecule has 0 radical (unpaired) electrons. The molecule has 5 nitrogen and oxygen atoms in total. The average molecular weight is 373 g/mol. The minimum Gasteiger partial charge on any atom is -0.449 e. The number of amides is 1. The van der Waals surface area contributed by atoms with E-state index in [4.69, 9.17) is 9.15 Å². The van der Waals surface area contributed by atoms with Crippen molar-refractivity contribution in [2.24, 2.45) is 0 Å². The number of carbonyl (C=O) groups excluding carboxylic acids is 2. The standard InChI is InChI=1S/C21H24FNO4/c1-3-15-8-6-7-13-23(15)20(24)14(2)26-21(25)19-12-11-18(27-19)16-9-4-5-10-17(16)22/h4-5,9-12,14-15H,3,6-8,13H2,1-2H3. The molecule has 1 aromatic heterocycles. The van der Waals surface area contributed by atoms with Crippen LogP contribution in [0.2, 0.25) is 0 Å². The van der Waals surface area contributed by atoms with E-state index in [1.54, 1.807) is 25.1 Å². The van der Waals surface area contributed by atoms with E-state index in [9.17, 15) is 14.0 Å². The number of hydrogen-bond donors (Lipinski definition) is 0. The van der Waals surface area contributed by atoms with E-state index in [-0.39, 0.29) is 29.0 Å². The molecule has 0 spiro atoms. The molecule has 2 atom stereocenters. The van der Waals surface area contributed by atoms with Crippen LogP contribution in [0.25, 0.3) is 11.3 Å². The largest absolute Gasteiger partial charge is 0.449 e. The van der Waals surface area contributed by atoms with Gasteiger partial charge in [0.05, 0.1) is 5.56 Å². The van der Waals surface area contributed by atoms with Gasteiger partial charge in [-0.3, -0.25) is 4.79 Å². The molecule has 2 unspecified atom stereocenters. The molecule has 1 aromatic carbocycles. The maximum absolute atomic E-state index is 13.9. The third-order valence-corrected chi connectivity index (χ3v) is 4.96. The summed E-state index contributed by atoms with van der Waals surface area (Å²) in [4.78, 5) is 26.8. The molecule has 2 heterocycles. The monoisotopic (exact) mass is 373 g/mol. The van der Waals surface area contributed by atoms with Crippen LogP contribution in [-0.4, -0.2) is 35.5 Å². The van der Waals surface area contributed by atoms with Gasteiger partial charge >= 0.3 is 5.97 Å². The smallest absolute Gasteiger partial charge is 0.375 e. The van der Waals surface area contributed by atoms with Gasteiger partial charge in [-0.2, -0.15) is 0 Å². The Balaban J connectivity index is 1.66. The van der Waals surface area contributed by atoms with Gasteiger partial charge in [-0.1, -0.05) is 19.1 Å². The number of likely N-dealkylation sites (tertiary alicyclic amines) is 1. The Morgan fingerprint density at radius 3 is 2.78 bits per heavy atom. The summed E-state index contributed by atoms with van der Waals surface area (Å²) in [7, 11) is 0. The Morgan fingerprint density at radius 2 is 2.04 bits per heavy atom. The van der Waals surface area contributed by atoms with Crippen molar-refractivity contribution >= 4 is 11.9 Å². The van der Waals surface area contributed by atoms with Crippen LogP contribution in [0.1, 0.15) is 50.1 Å². The van der Waals surface area contributed by atoms with Crippen LogP contribution in [-0.2, 0) is 9.53 Å². The fourth-order valence-electron chi connectivity index (χ4n) is 3.47. The number of furan rings is 1. The van der Waals surface area contributed by atoms with Gasteiger partial charge in [0, 0.05) is 12.6 Å². The van der Waals surface area contributed by atoms with E-state index >= 15 is 0 Å². The summed E-state index contributed by atoms with van der Waals surface area (Å²) in [5.74, 6) is -1.18. The molecule has 0 bridgehead atoms. The zero-order valence-corrected chi connectivity index (χ0v) is 15.6. The molecule has 3 rings (SSSR count). The van der Waals surface area contributed by atoms with Crippen molar-refractivity contribution in [3.63, 3.8) is 0 Å². The first-order chi connectivity index (χ1) is 13.0. The van der Waals surface area contributed by atoms with Gasteiger partial charge in [-0.05, 0) is 56.9 Å². The first kappa shape index (κ1) is 19.1. The third kappa shape index (κ3) is 4.21. The van der Waals surface area contributed by atoms with E-state index in [0.29, 0.717) is 6.54 Å². The first-order valence-electron chi connectivity index (χ1n) is 9.37. The van der Waals surface area contributed by atoms with Crippen LogP contribution in [0.15, 0.2) is 40.8 Å². The SMILES string of the molecule is CCC1CCCCN1C(=O)C(C)OC(=O)c1ccc(-c2ccccc2F)o1. The number of rotatable bonds is 5. The minimum absolute atomic E-state index is 0.0569. The highest BCUT2D eigenvalue weighted by Crippen LogP contribution is 2.26. The lowest BCUT2D eigenvalue weighted by Crippen LogP contribution is -2.48. The Bertz CT molecular complexity index is 816. The Labute approximate surface area is 158 Å². The summed E-state index contributed by atoms with van der Waals surface area (Å²) >= 11 is 0. The molecule has 6 heteroatoms. The van der Waals surface area contributed by atoms with Crippen molar-refractivity contribution in [3.8, 4) is 11.3 Å². The van der Waals surface area contributed by atoms with Crippen molar-refractivity contribution in [3.05, 3.63) is 48.0 Å². The highest BCUT2D eigenvalue weighted by molar-refractivity contribution is 5.90. The summed E-state index contributed by atoms with van der Waals surface area (Å²) in [6, 6.07) is 9.28. The molecule has 1 aliphatic heterocycles. The number of piperidine rings is 1. The van der Waals surface area contributed by atoms with E-state index < -0.39 is 17.9 Å². The number of esters is 1. The number of nitrogens with zero attached hydrogens (tertiary/aromatic N) is 1. The molecule has 2 aromatic rings. The molecule has 1 saturated heterocycles. The van der Waals surface area contributed by atoms with Crippen LogP contribution in [0, 0.1) is 5.82 Å². The van der Waals surface area contributed by atoms with E-state index in [0.717, 1.165) is 25.7 Å². The van der Waals surface area contributed by atoms with Crippen LogP contribution in [0.5, 0.6) is 0 Å². The zero-order chi connectivity index (χ0) is 19.4. The van der Waals surface area contributed by atoms with Gasteiger partial charge in [-0.25, -0.2) is 9.18 Å². The van der Waals surface area contributed by atoms with E-state index in [2.05, 4.69) is 6.92 Å². The lowest BCUT2D eigenvalue weighted by atomic mass is 9.99. The van der Waals surface area contributed by atoms with Gasteiger partial charge in [-0.15, -0.1) is 0 Å². The summed E-state index contributed by atoms with van der Waals surface area (Å²) in [5.41, 5.74) is 0.264. The maximum Gasteiger partial charge on any atom is 0.375 e. The molecule has 0 aliphatic carbocycles. The van der Waals surface area contributed by atoms with Crippen LogP contribution >= 0.6 is 0 Å². The summed E-state index contributed by atoms with van der Waals surface area (Å²) in [6.45, 7) is 4.32. The third-order valence-electron chi connectivity index (χ3n) is 4.96. The number of halogens is 1. The number of ether oxygens (including phenoxy) is 1. The van der Waals surface area contributed by atoms with Crippen molar-refractivity contribution < 1.29 is 23.1 Å². The Kier molecular flexibility index (Phi) is 5.94. The summed E-state index contributed by atoms with van der Waals surface area (Å²) in [5, 5.41) is 0. The number of benzene rings is 1. The first-order valence-corrected chi connectivity index (χ1v) is 9.37. The summed E-state index contributed by atoms with van der Waals surface area (Å²) < 4.78 is 24.6. The van der Waals surface area contributed by atoms with Gasteiger partial charge in [0.1, 0.15) is 11.6 Å². The predicted molar refractivity (Wildman–Crippen MR) is 98.6 cm³/mol. The maximum atomic E-state index is 13.9. The number of carbonyl (C=O) groups is 2.